The molecule has 0 aromatic rings. The smallest absolute Gasteiger partial charge is 0.107 e. The van der Waals surface area contributed by atoms with E-state index in [1.165, 1.54) is 32.4 Å². The van der Waals surface area contributed by atoms with Gasteiger partial charge in [0.15, 0.2) is 0 Å². The zero-order valence-electron chi connectivity index (χ0n) is 7.51. The molecule has 2 nitrogen and oxygen atoms in total. The molecule has 2 heteroatoms. The molecule has 0 bridgehead atoms. The summed E-state index contributed by atoms with van der Waals surface area (Å²) in [6.45, 7) is 3.62. The summed E-state index contributed by atoms with van der Waals surface area (Å²) in [7, 11) is 0. The maximum Gasteiger partial charge on any atom is 0.107 e. The van der Waals surface area contributed by atoms with Gasteiger partial charge in [-0.3, -0.25) is 0 Å². The minimum absolute atomic E-state index is 0.463. The van der Waals surface area contributed by atoms with Gasteiger partial charge >= 0.3 is 0 Å². The van der Waals surface area contributed by atoms with Crippen molar-refractivity contribution in [3.63, 3.8) is 0 Å². The molecule has 1 saturated heterocycles. The molecule has 0 spiro atoms. The van der Waals surface area contributed by atoms with Crippen LogP contribution in [0.2, 0.25) is 0 Å². The van der Waals surface area contributed by atoms with Crippen LogP contribution in [-0.2, 0) is 4.74 Å². The maximum atomic E-state index is 5.23. The molecule has 68 valence electrons. The molecule has 0 radical (unpaired) electrons. The molecule has 0 aromatic carbocycles. The monoisotopic (exact) mass is 167 g/mol. The van der Waals surface area contributed by atoms with Crippen molar-refractivity contribution in [1.29, 1.82) is 0 Å². The van der Waals surface area contributed by atoms with Crippen LogP contribution < -0.4 is 5.32 Å². The van der Waals surface area contributed by atoms with Gasteiger partial charge in [-0.2, -0.15) is 0 Å². The Balaban J connectivity index is 1.95. The van der Waals surface area contributed by atoms with Crippen molar-refractivity contribution in [2.45, 2.75) is 19.3 Å². The Morgan fingerprint density at radius 3 is 2.83 bits per heavy atom. The average Bonchev–Trinajstić information content (AvgIpc) is 2.14. The second kappa shape index (κ2) is 6.05. The fraction of sp³-hybridized carbons (Fsp3) is 0.800. The largest absolute Gasteiger partial charge is 0.369 e. The number of nitrogens with one attached hydrogen (secondary N) is 1. The number of piperidine rings is 1. The van der Waals surface area contributed by atoms with E-state index in [0.29, 0.717) is 6.61 Å². The van der Waals surface area contributed by atoms with Gasteiger partial charge in [0.25, 0.3) is 0 Å². The van der Waals surface area contributed by atoms with Gasteiger partial charge in [0.2, 0.25) is 0 Å². The highest BCUT2D eigenvalue weighted by molar-refractivity contribution is 4.82. The lowest BCUT2D eigenvalue weighted by Gasteiger charge is -2.21. The van der Waals surface area contributed by atoms with E-state index in [9.17, 15) is 0 Å². The van der Waals surface area contributed by atoms with E-state index < -0.39 is 0 Å². The summed E-state index contributed by atoms with van der Waals surface area (Å²) >= 11 is 0. The van der Waals surface area contributed by atoms with Crippen LogP contribution in [0.25, 0.3) is 0 Å². The maximum absolute atomic E-state index is 5.23. The minimum atomic E-state index is 0.463. The lowest BCUT2D eigenvalue weighted by molar-refractivity contribution is 0.142. The molecule has 0 saturated carbocycles. The number of ether oxygens (including phenoxy) is 1. The SMILES string of the molecule is C#CCOCCC1CCNCC1. The van der Waals surface area contributed by atoms with Gasteiger partial charge in [0.05, 0.1) is 0 Å². The molecule has 1 aliphatic heterocycles. The molecular weight excluding hydrogens is 150 g/mol. The van der Waals surface area contributed by atoms with E-state index in [-0.39, 0.29) is 0 Å². The number of hydrogen-bond donors (Lipinski definition) is 1. The molecule has 0 amide bonds. The fourth-order valence-corrected chi connectivity index (χ4v) is 1.55. The van der Waals surface area contributed by atoms with Crippen LogP contribution >= 0.6 is 0 Å². The van der Waals surface area contributed by atoms with E-state index in [0.717, 1.165) is 12.5 Å². The van der Waals surface area contributed by atoms with Crippen LogP contribution in [0.5, 0.6) is 0 Å². The summed E-state index contributed by atoms with van der Waals surface area (Å²) in [4.78, 5) is 0. The first-order valence-corrected chi connectivity index (χ1v) is 4.65. The quantitative estimate of drug-likeness (QED) is 0.498. The Kier molecular flexibility index (Phi) is 4.82. The van der Waals surface area contributed by atoms with Crippen LogP contribution in [0.4, 0.5) is 0 Å². The molecule has 1 heterocycles. The molecule has 1 N–H and O–H groups in total. The summed E-state index contributed by atoms with van der Waals surface area (Å²) in [6.07, 6.45) is 8.81. The molecule has 12 heavy (non-hydrogen) atoms. The van der Waals surface area contributed by atoms with Crippen LogP contribution in [0.1, 0.15) is 19.3 Å². The fourth-order valence-electron chi connectivity index (χ4n) is 1.55. The number of hydrogen-bond acceptors (Lipinski definition) is 2. The lowest BCUT2D eigenvalue weighted by atomic mass is 9.95. The van der Waals surface area contributed by atoms with Crippen LogP contribution in [-0.4, -0.2) is 26.3 Å². The lowest BCUT2D eigenvalue weighted by Crippen LogP contribution is -2.28. The summed E-state index contributed by atoms with van der Waals surface area (Å²) in [5, 5.41) is 3.34. The molecule has 0 atom stereocenters. The Hall–Kier alpha value is -0.520. The normalized spacial score (nSPS) is 18.9. The average molecular weight is 167 g/mol. The van der Waals surface area contributed by atoms with E-state index in [1.807, 2.05) is 0 Å². The van der Waals surface area contributed by atoms with Crippen LogP contribution in [0.3, 0.4) is 0 Å². The number of rotatable bonds is 4. The first-order valence-electron chi connectivity index (χ1n) is 4.65. The Bertz CT molecular complexity index is 144. The molecule has 0 unspecified atom stereocenters. The summed E-state index contributed by atoms with van der Waals surface area (Å²) in [6, 6.07) is 0. The highest BCUT2D eigenvalue weighted by Gasteiger charge is 2.11. The Morgan fingerprint density at radius 2 is 2.17 bits per heavy atom. The molecule has 0 aliphatic carbocycles. The highest BCUT2D eigenvalue weighted by atomic mass is 16.5. The van der Waals surface area contributed by atoms with Gasteiger partial charge < -0.3 is 10.1 Å². The van der Waals surface area contributed by atoms with Crippen molar-refractivity contribution in [1.82, 2.24) is 5.32 Å². The van der Waals surface area contributed by atoms with Crippen molar-refractivity contribution in [3.05, 3.63) is 0 Å². The van der Waals surface area contributed by atoms with Crippen molar-refractivity contribution >= 4 is 0 Å². The molecule has 1 aliphatic rings. The topological polar surface area (TPSA) is 21.3 Å². The standard InChI is InChI=1S/C10H17NO/c1-2-8-12-9-5-10-3-6-11-7-4-10/h1,10-11H,3-9H2. The predicted octanol–water partition coefficient (Wildman–Crippen LogP) is 1.03. The van der Waals surface area contributed by atoms with E-state index in [2.05, 4.69) is 11.2 Å². The third-order valence-electron chi connectivity index (χ3n) is 2.31. The van der Waals surface area contributed by atoms with Crippen molar-refractivity contribution in [2.75, 3.05) is 26.3 Å². The van der Waals surface area contributed by atoms with E-state index >= 15 is 0 Å². The zero-order chi connectivity index (χ0) is 8.65. The molecule has 1 rings (SSSR count). The first kappa shape index (κ1) is 9.57. The summed E-state index contributed by atoms with van der Waals surface area (Å²) < 4.78 is 5.23. The first-order chi connectivity index (χ1) is 5.93. The highest BCUT2D eigenvalue weighted by Crippen LogP contribution is 2.15. The second-order valence-corrected chi connectivity index (χ2v) is 3.24. The summed E-state index contributed by atoms with van der Waals surface area (Å²) in [5.41, 5.74) is 0. The Labute approximate surface area is 74.7 Å². The third-order valence-corrected chi connectivity index (χ3v) is 2.31. The van der Waals surface area contributed by atoms with Gasteiger partial charge in [-0.15, -0.1) is 6.42 Å². The molecular formula is C10H17NO. The Morgan fingerprint density at radius 1 is 1.42 bits per heavy atom. The molecule has 1 fully saturated rings. The van der Waals surface area contributed by atoms with Gasteiger partial charge in [0, 0.05) is 6.61 Å². The van der Waals surface area contributed by atoms with E-state index in [1.54, 1.807) is 0 Å². The van der Waals surface area contributed by atoms with Crippen molar-refractivity contribution < 1.29 is 4.74 Å². The van der Waals surface area contributed by atoms with Gasteiger partial charge in [-0.05, 0) is 38.3 Å². The van der Waals surface area contributed by atoms with Crippen LogP contribution in [0, 0.1) is 18.3 Å². The van der Waals surface area contributed by atoms with Crippen LogP contribution in [0.15, 0.2) is 0 Å². The van der Waals surface area contributed by atoms with Gasteiger partial charge in [0.1, 0.15) is 6.61 Å². The second-order valence-electron chi connectivity index (χ2n) is 3.24. The minimum Gasteiger partial charge on any atom is -0.369 e. The predicted molar refractivity (Wildman–Crippen MR) is 49.9 cm³/mol. The van der Waals surface area contributed by atoms with E-state index in [4.69, 9.17) is 11.2 Å². The van der Waals surface area contributed by atoms with Crippen molar-refractivity contribution in [3.8, 4) is 12.3 Å². The molecule has 0 aromatic heterocycles. The number of terminal acetylenes is 1. The zero-order valence-corrected chi connectivity index (χ0v) is 7.51. The van der Waals surface area contributed by atoms with Crippen molar-refractivity contribution in [2.24, 2.45) is 5.92 Å². The van der Waals surface area contributed by atoms with Gasteiger partial charge in [-0.25, -0.2) is 0 Å². The van der Waals surface area contributed by atoms with Gasteiger partial charge in [-0.1, -0.05) is 5.92 Å². The summed E-state index contributed by atoms with van der Waals surface area (Å²) in [5.74, 6) is 3.32. The third kappa shape index (κ3) is 3.75.